The molecular weight excluding hydrogens is 323 g/mol. The average Bonchev–Trinajstić information content (AvgIpc) is 2.72. The first kappa shape index (κ1) is 17.3. The van der Waals surface area contributed by atoms with Crippen LogP contribution in [0.5, 0.6) is 5.75 Å². The number of fused-ring (bicyclic) bond motifs is 1. The van der Waals surface area contributed by atoms with Crippen molar-refractivity contribution in [2.45, 2.75) is 45.8 Å². The summed E-state index contributed by atoms with van der Waals surface area (Å²) in [7, 11) is 1.83. The standard InChI is InChI=1S/C18H23FN4O2/c1-10-16(11(2)23(5)22-10)21-17(24)20-14-9-18(3,4)25-15-8-12(19)6-7-13(14)15/h6-8,14H,9H2,1-5H3,(H2,20,21,24). The number of rotatable bonds is 2. The first-order valence-electron chi connectivity index (χ1n) is 8.22. The fraction of sp³-hybridized carbons (Fsp3) is 0.444. The summed E-state index contributed by atoms with van der Waals surface area (Å²) < 4.78 is 21.1. The second-order valence-electron chi connectivity index (χ2n) is 7.07. The van der Waals surface area contributed by atoms with E-state index < -0.39 is 5.60 Å². The summed E-state index contributed by atoms with van der Waals surface area (Å²) in [6.45, 7) is 7.58. The van der Waals surface area contributed by atoms with Crippen molar-refractivity contribution in [2.24, 2.45) is 7.05 Å². The Morgan fingerprint density at radius 2 is 2.12 bits per heavy atom. The quantitative estimate of drug-likeness (QED) is 0.873. The average molecular weight is 346 g/mol. The van der Waals surface area contributed by atoms with Crippen LogP contribution in [0, 0.1) is 19.7 Å². The van der Waals surface area contributed by atoms with Gasteiger partial charge in [-0.1, -0.05) is 6.07 Å². The van der Waals surface area contributed by atoms with Crippen LogP contribution in [0.3, 0.4) is 0 Å². The second-order valence-corrected chi connectivity index (χ2v) is 7.07. The van der Waals surface area contributed by atoms with E-state index in [1.54, 1.807) is 10.7 Å². The van der Waals surface area contributed by atoms with Gasteiger partial charge in [-0.05, 0) is 33.8 Å². The van der Waals surface area contributed by atoms with E-state index >= 15 is 0 Å². The third-order valence-corrected chi connectivity index (χ3v) is 4.49. The lowest BCUT2D eigenvalue weighted by atomic mass is 9.90. The Morgan fingerprint density at radius 1 is 1.40 bits per heavy atom. The first-order chi connectivity index (χ1) is 11.7. The molecule has 0 aliphatic carbocycles. The fourth-order valence-corrected chi connectivity index (χ4v) is 3.22. The molecule has 0 saturated carbocycles. The summed E-state index contributed by atoms with van der Waals surface area (Å²) in [5.74, 6) is 0.108. The molecule has 0 fully saturated rings. The number of nitrogens with zero attached hydrogens (tertiary/aromatic N) is 2. The van der Waals surface area contributed by atoms with E-state index in [1.165, 1.54) is 12.1 Å². The van der Waals surface area contributed by atoms with E-state index in [0.717, 1.165) is 17.0 Å². The van der Waals surface area contributed by atoms with Crippen LogP contribution in [0.25, 0.3) is 0 Å². The normalized spacial score (nSPS) is 18.2. The summed E-state index contributed by atoms with van der Waals surface area (Å²) in [4.78, 5) is 12.5. The number of benzene rings is 1. The van der Waals surface area contributed by atoms with E-state index in [-0.39, 0.29) is 17.9 Å². The zero-order valence-electron chi connectivity index (χ0n) is 15.1. The Labute approximate surface area is 146 Å². The van der Waals surface area contributed by atoms with Gasteiger partial charge < -0.3 is 15.4 Å². The number of hydrogen-bond acceptors (Lipinski definition) is 3. The highest BCUT2D eigenvalue weighted by atomic mass is 19.1. The Kier molecular flexibility index (Phi) is 4.18. The number of ether oxygens (including phenoxy) is 1. The van der Waals surface area contributed by atoms with Crippen molar-refractivity contribution in [2.75, 3.05) is 5.32 Å². The molecule has 6 nitrogen and oxygen atoms in total. The number of carbonyl (C=O) groups is 1. The number of urea groups is 1. The highest BCUT2D eigenvalue weighted by molar-refractivity contribution is 5.90. The lowest BCUT2D eigenvalue weighted by Gasteiger charge is -2.37. The Morgan fingerprint density at radius 3 is 2.76 bits per heavy atom. The predicted molar refractivity (Wildman–Crippen MR) is 93.3 cm³/mol. The molecule has 2 heterocycles. The number of aromatic nitrogens is 2. The number of aryl methyl sites for hydroxylation is 2. The number of carbonyl (C=O) groups excluding carboxylic acids is 1. The summed E-state index contributed by atoms with van der Waals surface area (Å²) in [6, 6.07) is 3.81. The van der Waals surface area contributed by atoms with Gasteiger partial charge in [0.2, 0.25) is 0 Å². The van der Waals surface area contributed by atoms with Crippen LogP contribution in [-0.4, -0.2) is 21.4 Å². The van der Waals surface area contributed by atoms with Gasteiger partial charge in [0.05, 0.1) is 23.1 Å². The molecule has 2 N–H and O–H groups in total. The minimum Gasteiger partial charge on any atom is -0.487 e. The Bertz CT molecular complexity index is 829. The van der Waals surface area contributed by atoms with E-state index in [4.69, 9.17) is 4.74 Å². The van der Waals surface area contributed by atoms with Crippen molar-refractivity contribution in [1.29, 1.82) is 0 Å². The molecule has 0 radical (unpaired) electrons. The summed E-state index contributed by atoms with van der Waals surface area (Å²) >= 11 is 0. The van der Waals surface area contributed by atoms with Crippen LogP contribution in [0.1, 0.15) is 43.3 Å². The Hall–Kier alpha value is -2.57. The van der Waals surface area contributed by atoms with Crippen LogP contribution >= 0.6 is 0 Å². The molecule has 2 aromatic rings. The number of nitrogens with one attached hydrogen (secondary N) is 2. The Balaban J connectivity index is 1.81. The molecule has 1 aromatic heterocycles. The predicted octanol–water partition coefficient (Wildman–Crippen LogP) is 3.60. The second kappa shape index (κ2) is 6.06. The smallest absolute Gasteiger partial charge is 0.319 e. The van der Waals surface area contributed by atoms with Crippen molar-refractivity contribution in [3.8, 4) is 5.75 Å². The van der Waals surface area contributed by atoms with Crippen molar-refractivity contribution in [3.05, 3.63) is 41.0 Å². The summed E-state index contributed by atoms with van der Waals surface area (Å²) in [5.41, 5.74) is 2.60. The van der Waals surface area contributed by atoms with Crippen LogP contribution in [0.2, 0.25) is 0 Å². The number of anilines is 1. The molecule has 1 aliphatic heterocycles. The van der Waals surface area contributed by atoms with Gasteiger partial charge in [0.15, 0.2) is 0 Å². The number of amides is 2. The molecule has 7 heteroatoms. The molecule has 3 rings (SSSR count). The van der Waals surface area contributed by atoms with Crippen LogP contribution in [0.4, 0.5) is 14.9 Å². The van der Waals surface area contributed by atoms with E-state index in [2.05, 4.69) is 15.7 Å². The summed E-state index contributed by atoms with van der Waals surface area (Å²) in [5, 5.41) is 10.1. The lowest BCUT2D eigenvalue weighted by Crippen LogP contribution is -2.42. The number of hydrogen-bond donors (Lipinski definition) is 2. The van der Waals surface area contributed by atoms with Gasteiger partial charge in [-0.3, -0.25) is 4.68 Å². The van der Waals surface area contributed by atoms with Crippen molar-refractivity contribution >= 4 is 11.7 Å². The van der Waals surface area contributed by atoms with E-state index in [1.807, 2.05) is 34.7 Å². The van der Waals surface area contributed by atoms with E-state index in [0.29, 0.717) is 17.9 Å². The monoisotopic (exact) mass is 346 g/mol. The summed E-state index contributed by atoms with van der Waals surface area (Å²) in [6.07, 6.45) is 0.587. The first-order valence-corrected chi connectivity index (χ1v) is 8.22. The van der Waals surface area contributed by atoms with Crippen molar-refractivity contribution in [3.63, 3.8) is 0 Å². The molecular formula is C18H23FN4O2. The molecule has 25 heavy (non-hydrogen) atoms. The fourth-order valence-electron chi connectivity index (χ4n) is 3.22. The molecule has 0 bridgehead atoms. The maximum absolute atomic E-state index is 13.5. The van der Waals surface area contributed by atoms with Crippen LogP contribution < -0.4 is 15.4 Å². The molecule has 1 aromatic carbocycles. The van der Waals surface area contributed by atoms with Gasteiger partial charge in [-0.25, -0.2) is 9.18 Å². The van der Waals surface area contributed by atoms with E-state index in [9.17, 15) is 9.18 Å². The molecule has 0 spiro atoms. The minimum absolute atomic E-state index is 0.267. The minimum atomic E-state index is -0.501. The molecule has 1 atom stereocenters. The van der Waals surface area contributed by atoms with Gasteiger partial charge >= 0.3 is 6.03 Å². The van der Waals surface area contributed by atoms with Gasteiger partial charge in [-0.15, -0.1) is 0 Å². The molecule has 2 amide bonds. The third-order valence-electron chi connectivity index (χ3n) is 4.49. The molecule has 134 valence electrons. The largest absolute Gasteiger partial charge is 0.487 e. The van der Waals surface area contributed by atoms with Gasteiger partial charge in [0.25, 0.3) is 0 Å². The topological polar surface area (TPSA) is 68.2 Å². The van der Waals surface area contributed by atoms with Gasteiger partial charge in [-0.2, -0.15) is 5.10 Å². The van der Waals surface area contributed by atoms with Crippen molar-refractivity contribution in [1.82, 2.24) is 15.1 Å². The highest BCUT2D eigenvalue weighted by Gasteiger charge is 2.35. The van der Waals surface area contributed by atoms with Crippen molar-refractivity contribution < 1.29 is 13.9 Å². The number of halogens is 1. The SMILES string of the molecule is Cc1nn(C)c(C)c1NC(=O)NC1CC(C)(C)Oc2cc(F)ccc21. The van der Waals surface area contributed by atoms with Crippen LogP contribution in [0.15, 0.2) is 18.2 Å². The third kappa shape index (κ3) is 3.45. The van der Waals surface area contributed by atoms with Gasteiger partial charge in [0.1, 0.15) is 17.2 Å². The lowest BCUT2D eigenvalue weighted by molar-refractivity contribution is 0.0678. The molecule has 0 saturated heterocycles. The van der Waals surface area contributed by atoms with Gasteiger partial charge in [0, 0.05) is 25.1 Å². The zero-order chi connectivity index (χ0) is 18.4. The maximum atomic E-state index is 13.5. The zero-order valence-corrected chi connectivity index (χ0v) is 15.1. The molecule has 1 unspecified atom stereocenters. The van der Waals surface area contributed by atoms with Crippen LogP contribution in [-0.2, 0) is 7.05 Å². The molecule has 1 aliphatic rings. The highest BCUT2D eigenvalue weighted by Crippen LogP contribution is 2.39. The maximum Gasteiger partial charge on any atom is 0.319 e.